The van der Waals surface area contributed by atoms with Gasteiger partial charge in [-0.25, -0.2) is 0 Å². The van der Waals surface area contributed by atoms with Crippen molar-refractivity contribution in [3.63, 3.8) is 0 Å². The summed E-state index contributed by atoms with van der Waals surface area (Å²) in [5, 5.41) is 0. The van der Waals surface area contributed by atoms with E-state index in [1.807, 2.05) is 0 Å². The molecule has 0 N–H and O–H groups in total. The first-order chi connectivity index (χ1) is 6.15. The fraction of sp³-hybridized carbons (Fsp3) is 1.00. The van der Waals surface area contributed by atoms with Gasteiger partial charge >= 0.3 is 0 Å². The molecule has 0 saturated carbocycles. The summed E-state index contributed by atoms with van der Waals surface area (Å²) in [6.07, 6.45) is 0. The Morgan fingerprint density at radius 1 is 1.23 bits per heavy atom. The molecule has 0 aliphatic carbocycles. The van der Waals surface area contributed by atoms with E-state index in [1.54, 1.807) is 0 Å². The largest absolute Gasteiger partial charge is 0.380 e. The van der Waals surface area contributed by atoms with E-state index in [4.69, 9.17) is 4.74 Å². The van der Waals surface area contributed by atoms with E-state index in [9.17, 15) is 0 Å². The van der Waals surface area contributed by atoms with Crippen molar-refractivity contribution in [2.24, 2.45) is 0 Å². The maximum absolute atomic E-state index is 5.46. The highest BCUT2D eigenvalue weighted by atomic mass is 16.5. The minimum absolute atomic E-state index is 0.571. The van der Waals surface area contributed by atoms with Crippen LogP contribution in [0.5, 0.6) is 0 Å². The summed E-state index contributed by atoms with van der Waals surface area (Å²) in [6.45, 7) is 8.28. The second kappa shape index (κ2) is 4.94. The summed E-state index contributed by atoms with van der Waals surface area (Å²) in [5.74, 6) is 0. The molecule has 0 aromatic heterocycles. The summed E-state index contributed by atoms with van der Waals surface area (Å²) < 4.78 is 5.46. The lowest BCUT2D eigenvalue weighted by Gasteiger charge is -2.41. The van der Waals surface area contributed by atoms with Crippen LogP contribution in [0.15, 0.2) is 0 Å². The van der Waals surface area contributed by atoms with Crippen molar-refractivity contribution < 1.29 is 4.74 Å². The molecule has 1 aliphatic rings. The molecule has 0 aromatic rings. The third-order valence-electron chi connectivity index (χ3n) is 2.94. The van der Waals surface area contributed by atoms with Gasteiger partial charge in [0.2, 0.25) is 0 Å². The molecule has 2 unspecified atom stereocenters. The highest BCUT2D eigenvalue weighted by Gasteiger charge is 2.26. The SMILES string of the molecule is CCOCC1CN(C)C(C)CN1C. The molecule has 1 rings (SSSR count). The van der Waals surface area contributed by atoms with Crippen LogP contribution in [0.2, 0.25) is 0 Å². The second-order valence-corrected chi connectivity index (χ2v) is 4.04. The lowest BCUT2D eigenvalue weighted by Crippen LogP contribution is -2.55. The zero-order valence-corrected chi connectivity index (χ0v) is 9.29. The van der Waals surface area contributed by atoms with Crippen molar-refractivity contribution in [2.45, 2.75) is 25.9 Å². The van der Waals surface area contributed by atoms with Crippen LogP contribution in [0, 0.1) is 0 Å². The zero-order chi connectivity index (χ0) is 9.84. The van der Waals surface area contributed by atoms with E-state index in [0.29, 0.717) is 12.1 Å². The summed E-state index contributed by atoms with van der Waals surface area (Å²) in [7, 11) is 4.38. The Morgan fingerprint density at radius 2 is 1.92 bits per heavy atom. The monoisotopic (exact) mass is 186 g/mol. The molecular weight excluding hydrogens is 164 g/mol. The molecule has 1 saturated heterocycles. The van der Waals surface area contributed by atoms with Gasteiger partial charge in [0.25, 0.3) is 0 Å². The van der Waals surface area contributed by atoms with Gasteiger partial charge in [-0.1, -0.05) is 0 Å². The molecule has 3 heteroatoms. The summed E-state index contributed by atoms with van der Waals surface area (Å²) >= 11 is 0. The fourth-order valence-corrected chi connectivity index (χ4v) is 1.79. The van der Waals surface area contributed by atoms with Gasteiger partial charge < -0.3 is 9.64 Å². The van der Waals surface area contributed by atoms with Crippen LogP contribution >= 0.6 is 0 Å². The van der Waals surface area contributed by atoms with Gasteiger partial charge in [0, 0.05) is 31.8 Å². The van der Waals surface area contributed by atoms with Crippen LogP contribution in [-0.2, 0) is 4.74 Å². The van der Waals surface area contributed by atoms with Crippen molar-refractivity contribution >= 4 is 0 Å². The van der Waals surface area contributed by atoms with Crippen molar-refractivity contribution in [1.29, 1.82) is 0 Å². The second-order valence-electron chi connectivity index (χ2n) is 4.04. The average Bonchev–Trinajstić information content (AvgIpc) is 2.09. The topological polar surface area (TPSA) is 15.7 Å². The van der Waals surface area contributed by atoms with E-state index < -0.39 is 0 Å². The molecule has 13 heavy (non-hydrogen) atoms. The summed E-state index contributed by atoms with van der Waals surface area (Å²) in [6, 6.07) is 1.24. The molecule has 0 bridgehead atoms. The molecule has 0 aromatic carbocycles. The molecule has 0 spiro atoms. The smallest absolute Gasteiger partial charge is 0.0634 e. The summed E-state index contributed by atoms with van der Waals surface area (Å²) in [4.78, 5) is 4.81. The Bertz CT molecular complexity index is 152. The molecule has 78 valence electrons. The minimum Gasteiger partial charge on any atom is -0.380 e. The lowest BCUT2D eigenvalue weighted by atomic mass is 10.1. The quantitative estimate of drug-likeness (QED) is 0.644. The fourth-order valence-electron chi connectivity index (χ4n) is 1.79. The van der Waals surface area contributed by atoms with Crippen LogP contribution in [0.4, 0.5) is 0 Å². The molecular formula is C10H22N2O. The number of ether oxygens (including phenoxy) is 1. The van der Waals surface area contributed by atoms with E-state index in [-0.39, 0.29) is 0 Å². The van der Waals surface area contributed by atoms with Crippen molar-refractivity contribution in [3.05, 3.63) is 0 Å². The van der Waals surface area contributed by atoms with Gasteiger partial charge in [-0.05, 0) is 27.9 Å². The number of piperazine rings is 1. The first-order valence-corrected chi connectivity index (χ1v) is 5.13. The molecule has 1 aliphatic heterocycles. The Morgan fingerprint density at radius 3 is 2.54 bits per heavy atom. The zero-order valence-electron chi connectivity index (χ0n) is 9.29. The number of rotatable bonds is 3. The maximum atomic E-state index is 5.46. The van der Waals surface area contributed by atoms with Crippen molar-refractivity contribution in [2.75, 3.05) is 40.4 Å². The van der Waals surface area contributed by atoms with Crippen LogP contribution < -0.4 is 0 Å². The third-order valence-corrected chi connectivity index (χ3v) is 2.94. The minimum atomic E-state index is 0.571. The van der Waals surface area contributed by atoms with Crippen LogP contribution in [-0.4, -0.2) is 62.3 Å². The number of nitrogens with zero attached hydrogens (tertiary/aromatic N) is 2. The molecule has 2 atom stereocenters. The molecule has 1 heterocycles. The Hall–Kier alpha value is -0.120. The lowest BCUT2D eigenvalue weighted by molar-refractivity contribution is 0.0134. The highest BCUT2D eigenvalue weighted by Crippen LogP contribution is 2.11. The van der Waals surface area contributed by atoms with Gasteiger partial charge in [-0.3, -0.25) is 4.90 Å². The van der Waals surface area contributed by atoms with Crippen LogP contribution in [0.3, 0.4) is 0 Å². The third kappa shape index (κ3) is 2.93. The van der Waals surface area contributed by atoms with E-state index >= 15 is 0 Å². The van der Waals surface area contributed by atoms with Crippen molar-refractivity contribution in [3.8, 4) is 0 Å². The van der Waals surface area contributed by atoms with Gasteiger partial charge in [0.1, 0.15) is 0 Å². The highest BCUT2D eigenvalue weighted by molar-refractivity contribution is 4.82. The molecule has 0 amide bonds. The number of hydrogen-bond donors (Lipinski definition) is 0. The standard InChI is InChI=1S/C10H22N2O/c1-5-13-8-10-7-11(3)9(2)6-12(10)4/h9-10H,5-8H2,1-4H3. The van der Waals surface area contributed by atoms with Crippen LogP contribution in [0.1, 0.15) is 13.8 Å². The molecule has 1 fully saturated rings. The van der Waals surface area contributed by atoms with Crippen LogP contribution in [0.25, 0.3) is 0 Å². The Balaban J connectivity index is 2.37. The average molecular weight is 186 g/mol. The maximum Gasteiger partial charge on any atom is 0.0634 e. The summed E-state index contributed by atoms with van der Waals surface area (Å²) in [5.41, 5.74) is 0. The number of likely N-dealkylation sites (N-methyl/N-ethyl adjacent to an activating group) is 2. The molecule has 3 nitrogen and oxygen atoms in total. The Labute approximate surface area is 81.7 Å². The first kappa shape index (κ1) is 11.0. The van der Waals surface area contributed by atoms with Gasteiger partial charge in [0.15, 0.2) is 0 Å². The van der Waals surface area contributed by atoms with Gasteiger partial charge in [0.05, 0.1) is 6.61 Å². The van der Waals surface area contributed by atoms with Crippen molar-refractivity contribution in [1.82, 2.24) is 9.80 Å². The van der Waals surface area contributed by atoms with E-state index in [1.165, 1.54) is 0 Å². The van der Waals surface area contributed by atoms with Gasteiger partial charge in [-0.15, -0.1) is 0 Å². The molecule has 0 radical (unpaired) electrons. The normalized spacial score (nSPS) is 32.3. The predicted octanol–water partition coefficient (Wildman–Crippen LogP) is 0.657. The Kier molecular flexibility index (Phi) is 4.16. The predicted molar refractivity (Wildman–Crippen MR) is 55.0 cm³/mol. The van der Waals surface area contributed by atoms with Gasteiger partial charge in [-0.2, -0.15) is 0 Å². The van der Waals surface area contributed by atoms with E-state index in [0.717, 1.165) is 26.3 Å². The number of hydrogen-bond acceptors (Lipinski definition) is 3. The first-order valence-electron chi connectivity index (χ1n) is 5.13. The van der Waals surface area contributed by atoms with E-state index in [2.05, 4.69) is 37.7 Å².